The van der Waals surface area contributed by atoms with Crippen molar-refractivity contribution in [3.63, 3.8) is 0 Å². The fourth-order valence-electron chi connectivity index (χ4n) is 10.4. The summed E-state index contributed by atoms with van der Waals surface area (Å²) < 4.78 is 17.9. The summed E-state index contributed by atoms with van der Waals surface area (Å²) in [4.78, 5) is 50.3. The molecular weight excluding hydrogens is 646 g/mol. The van der Waals surface area contributed by atoms with Crippen molar-refractivity contribution in [3.8, 4) is 11.5 Å². The molecule has 5 aliphatic rings. The molecule has 1 aromatic heterocycles. The first-order chi connectivity index (χ1) is 23.1. The van der Waals surface area contributed by atoms with Crippen molar-refractivity contribution in [3.05, 3.63) is 71.4 Å². The molecule has 268 valence electrons. The lowest BCUT2D eigenvalue weighted by Crippen LogP contribution is -2.70. The summed E-state index contributed by atoms with van der Waals surface area (Å²) in [6, 6.07) is 6.05. The van der Waals surface area contributed by atoms with Gasteiger partial charge in [0.1, 0.15) is 17.2 Å². The van der Waals surface area contributed by atoms with E-state index in [0.717, 1.165) is 5.56 Å². The molecule has 2 heterocycles. The zero-order chi connectivity index (χ0) is 37.0. The third-order valence-electron chi connectivity index (χ3n) is 12.5. The molecule has 9 atom stereocenters. The number of aliphatic hydroxyl groups excluding tert-OH is 1. The van der Waals surface area contributed by atoms with Gasteiger partial charge in [-0.1, -0.05) is 26.0 Å². The number of carboxylic acids is 1. The Kier molecular flexibility index (Phi) is 7.82. The number of ether oxygens (including phenoxy) is 2. The average molecular weight is 692 g/mol. The number of Topliss-reactive ketones (excluding diaryl/α,β-unsaturated/α-hetero) is 1. The van der Waals surface area contributed by atoms with Crippen molar-refractivity contribution in [2.75, 3.05) is 0 Å². The number of phenolic OH excluding ortho intramolecular Hbond substituents is 2. The van der Waals surface area contributed by atoms with Crippen molar-refractivity contribution in [1.29, 1.82) is 0 Å². The molecule has 9 unspecified atom stereocenters. The number of aromatic hydroxyl groups is 2. The zero-order valence-electron chi connectivity index (χ0n) is 29.3. The van der Waals surface area contributed by atoms with Gasteiger partial charge in [0.2, 0.25) is 5.78 Å². The van der Waals surface area contributed by atoms with Crippen LogP contribution in [0.3, 0.4) is 0 Å². The zero-order valence-corrected chi connectivity index (χ0v) is 29.3. The summed E-state index contributed by atoms with van der Waals surface area (Å²) in [6.45, 7) is 12.2. The predicted octanol–water partition coefficient (Wildman–Crippen LogP) is 4.88. The number of carbonyl (C=O) groups excluding carboxylic acids is 3. The van der Waals surface area contributed by atoms with Gasteiger partial charge < -0.3 is 40.1 Å². The minimum Gasteiger partial charge on any atom is -0.504 e. The van der Waals surface area contributed by atoms with Crippen molar-refractivity contribution in [1.82, 2.24) is 0 Å². The highest BCUT2D eigenvalue weighted by Crippen LogP contribution is 2.81. The molecular formula is C38H45NO11. The minimum absolute atomic E-state index is 0.0453. The van der Waals surface area contributed by atoms with E-state index >= 15 is 0 Å². The molecule has 0 amide bonds. The first-order valence-corrected chi connectivity index (χ1v) is 16.7. The van der Waals surface area contributed by atoms with Gasteiger partial charge in [-0.15, -0.1) is 0 Å². The van der Waals surface area contributed by atoms with Gasteiger partial charge >= 0.3 is 11.9 Å². The Balaban J connectivity index is 0.000000243. The average Bonchev–Trinajstić information content (AvgIpc) is 3.37. The van der Waals surface area contributed by atoms with E-state index in [0.29, 0.717) is 24.0 Å². The van der Waals surface area contributed by atoms with Gasteiger partial charge in [0.15, 0.2) is 23.0 Å². The molecule has 7 rings (SSSR count). The van der Waals surface area contributed by atoms with Crippen LogP contribution in [-0.4, -0.2) is 67.3 Å². The van der Waals surface area contributed by atoms with Gasteiger partial charge in [-0.3, -0.25) is 19.2 Å². The number of nitrogens with two attached hydrogens (primary N) is 1. The number of hydrogen-bond donors (Lipinski definition) is 5. The number of carbonyl (C=O) groups is 4. The number of ketones is 2. The topological polar surface area (TPSA) is 210 Å². The number of aliphatic hydroxyl groups is 1. The Bertz CT molecular complexity index is 1860. The quantitative estimate of drug-likeness (QED) is 0.161. The maximum absolute atomic E-state index is 14.3. The van der Waals surface area contributed by atoms with E-state index in [4.69, 9.17) is 29.8 Å². The molecule has 2 saturated carbocycles. The summed E-state index contributed by atoms with van der Waals surface area (Å²) in [6.07, 6.45) is 7.25. The van der Waals surface area contributed by atoms with Crippen LogP contribution in [0, 0.1) is 27.6 Å². The SMILES string of the molecule is CC(=O)OC1CC2(C)C(c3ccoc3)CC3OC32C2(C)C(=O)C(O)=C3C(C)(C)C(=O)C=CC3(C)C12.CC(N)(Cc1ccc(O)c(O)c1)C(=O)O. The van der Waals surface area contributed by atoms with Gasteiger partial charge in [-0.2, -0.15) is 0 Å². The number of carboxylic acid groups (broad SMARTS) is 1. The Morgan fingerprint density at radius 2 is 1.74 bits per heavy atom. The highest BCUT2D eigenvalue weighted by molar-refractivity contribution is 6.06. The molecule has 4 aliphatic carbocycles. The summed E-state index contributed by atoms with van der Waals surface area (Å²) in [5.74, 6) is -3.48. The van der Waals surface area contributed by atoms with Crippen molar-refractivity contribution < 1.29 is 53.5 Å². The number of phenols is 2. The van der Waals surface area contributed by atoms with Gasteiger partial charge in [-0.05, 0) is 87.4 Å². The summed E-state index contributed by atoms with van der Waals surface area (Å²) in [5, 5.41) is 38.6. The standard InChI is InChI=1S/C28H32O7.C10H13NO4/c1-14(29)34-17-12-26(5)16(15-8-10-33-13-15)11-19-28(26,35-19)27(6)21(17)25(4)9-7-18(30)24(2,3)22(25)20(31)23(27)32;1-10(11,9(14)15)5-6-2-3-7(12)8(13)4-6/h7-10,13,16-17,19,21,31H,11-12H2,1-6H3;2-4,12-13H,5,11H2,1H3,(H,14,15). The van der Waals surface area contributed by atoms with Gasteiger partial charge in [0.25, 0.3) is 0 Å². The molecule has 12 heteroatoms. The van der Waals surface area contributed by atoms with Crippen molar-refractivity contribution in [2.24, 2.45) is 33.3 Å². The maximum atomic E-state index is 14.3. The van der Waals surface area contributed by atoms with Gasteiger partial charge in [0, 0.05) is 30.1 Å². The number of esters is 1. The van der Waals surface area contributed by atoms with Crippen LogP contribution in [0.5, 0.6) is 11.5 Å². The Hall–Kier alpha value is -4.42. The summed E-state index contributed by atoms with van der Waals surface area (Å²) >= 11 is 0. The number of epoxide rings is 1. The van der Waals surface area contributed by atoms with E-state index < -0.39 is 62.5 Å². The van der Waals surface area contributed by atoms with Gasteiger partial charge in [0.05, 0.1) is 29.5 Å². The summed E-state index contributed by atoms with van der Waals surface area (Å²) in [5.41, 5.74) is 1.65. The third kappa shape index (κ3) is 4.63. The molecule has 50 heavy (non-hydrogen) atoms. The highest BCUT2D eigenvalue weighted by Gasteiger charge is 2.89. The highest BCUT2D eigenvalue weighted by atomic mass is 16.6. The van der Waals surface area contributed by atoms with E-state index in [1.54, 1.807) is 38.5 Å². The maximum Gasteiger partial charge on any atom is 0.323 e. The second kappa shape index (κ2) is 11.0. The molecule has 6 N–H and O–H groups in total. The van der Waals surface area contributed by atoms with E-state index in [1.807, 2.05) is 19.9 Å². The smallest absolute Gasteiger partial charge is 0.323 e. The second-order valence-electron chi connectivity index (χ2n) is 16.0. The fourth-order valence-corrected chi connectivity index (χ4v) is 10.4. The van der Waals surface area contributed by atoms with Crippen molar-refractivity contribution in [2.45, 2.75) is 97.0 Å². The van der Waals surface area contributed by atoms with Crippen LogP contribution in [0.25, 0.3) is 0 Å². The number of benzene rings is 1. The number of fused-ring (bicyclic) bond motifs is 3. The lowest BCUT2D eigenvalue weighted by molar-refractivity contribution is -0.200. The van der Waals surface area contributed by atoms with E-state index in [2.05, 4.69) is 6.92 Å². The van der Waals surface area contributed by atoms with E-state index in [1.165, 1.54) is 32.0 Å². The molecule has 1 aromatic carbocycles. The molecule has 1 spiro atoms. The first-order valence-electron chi connectivity index (χ1n) is 16.7. The number of allylic oxidation sites excluding steroid dienone is 4. The molecule has 0 bridgehead atoms. The van der Waals surface area contributed by atoms with Crippen LogP contribution in [0.2, 0.25) is 0 Å². The van der Waals surface area contributed by atoms with Crippen LogP contribution in [0.4, 0.5) is 0 Å². The van der Waals surface area contributed by atoms with Crippen LogP contribution in [-0.2, 0) is 35.1 Å². The van der Waals surface area contributed by atoms with E-state index in [-0.39, 0.29) is 41.5 Å². The lowest BCUT2D eigenvalue weighted by atomic mass is 9.38. The molecule has 1 saturated heterocycles. The number of aliphatic carboxylic acids is 1. The number of furan rings is 1. The Labute approximate surface area is 289 Å². The molecule has 1 aliphatic heterocycles. The monoisotopic (exact) mass is 691 g/mol. The van der Waals surface area contributed by atoms with E-state index in [9.17, 15) is 29.4 Å². The van der Waals surface area contributed by atoms with Crippen LogP contribution in [0.1, 0.15) is 78.4 Å². The normalized spacial score (nSPS) is 37.3. The van der Waals surface area contributed by atoms with Gasteiger partial charge in [-0.25, -0.2) is 0 Å². The molecule has 3 fully saturated rings. The first kappa shape index (κ1) is 35.4. The second-order valence-corrected chi connectivity index (χ2v) is 16.0. The minimum atomic E-state index is -1.39. The van der Waals surface area contributed by atoms with Crippen LogP contribution >= 0.6 is 0 Å². The number of rotatable bonds is 5. The number of hydrogen-bond acceptors (Lipinski definition) is 11. The summed E-state index contributed by atoms with van der Waals surface area (Å²) in [7, 11) is 0. The predicted molar refractivity (Wildman–Crippen MR) is 178 cm³/mol. The molecule has 12 nitrogen and oxygen atoms in total. The largest absolute Gasteiger partial charge is 0.504 e. The molecule has 0 radical (unpaired) electrons. The Morgan fingerprint density at radius 1 is 1.06 bits per heavy atom. The third-order valence-corrected chi connectivity index (χ3v) is 12.5. The fraction of sp³-hybridized carbons (Fsp3) is 0.526. The lowest BCUT2D eigenvalue weighted by Gasteiger charge is -2.64. The molecule has 2 aromatic rings. The van der Waals surface area contributed by atoms with Crippen molar-refractivity contribution >= 4 is 23.5 Å². The Morgan fingerprint density at radius 3 is 2.32 bits per heavy atom. The van der Waals surface area contributed by atoms with Crippen LogP contribution in [0.15, 0.2) is 64.7 Å². The van der Waals surface area contributed by atoms with Crippen LogP contribution < -0.4 is 5.73 Å².